The predicted molar refractivity (Wildman–Crippen MR) is 82.0 cm³/mol. The maximum absolute atomic E-state index is 11.9. The molecule has 1 amide bonds. The molecular weight excluding hydrogens is 306 g/mol. The zero-order valence-electron chi connectivity index (χ0n) is 11.8. The number of amides is 1. The highest BCUT2D eigenvalue weighted by molar-refractivity contribution is 7.84. The van der Waals surface area contributed by atoms with Gasteiger partial charge in [-0.2, -0.15) is 0 Å². The first kappa shape index (κ1) is 15.9. The van der Waals surface area contributed by atoms with Gasteiger partial charge in [0.1, 0.15) is 0 Å². The highest BCUT2D eigenvalue weighted by atomic mass is 32.2. The summed E-state index contributed by atoms with van der Waals surface area (Å²) in [7, 11) is -1.18. The molecule has 1 heterocycles. The number of carbonyl (C=O) groups excluding carboxylic acids is 1. The van der Waals surface area contributed by atoms with Crippen molar-refractivity contribution in [3.8, 4) is 0 Å². The maximum Gasteiger partial charge on any atom is 0.325 e. The van der Waals surface area contributed by atoms with Gasteiger partial charge in [-0.1, -0.05) is 18.2 Å². The molecule has 0 radical (unpaired) electrons. The molecule has 22 heavy (non-hydrogen) atoms. The van der Waals surface area contributed by atoms with E-state index < -0.39 is 22.0 Å². The normalized spacial score (nSPS) is 11.9. The van der Waals surface area contributed by atoms with Crippen molar-refractivity contribution in [3.05, 3.63) is 62.4 Å². The van der Waals surface area contributed by atoms with Gasteiger partial charge in [-0.25, -0.2) is 4.79 Å². The van der Waals surface area contributed by atoms with E-state index in [1.165, 1.54) is 6.20 Å². The van der Waals surface area contributed by atoms with Gasteiger partial charge in [0.2, 0.25) is 5.91 Å². The summed E-state index contributed by atoms with van der Waals surface area (Å²) in [6, 6.07) is 6.98. The van der Waals surface area contributed by atoms with Crippen LogP contribution in [0.3, 0.4) is 0 Å². The van der Waals surface area contributed by atoms with Crippen molar-refractivity contribution in [2.45, 2.75) is 17.9 Å². The van der Waals surface area contributed by atoms with E-state index in [-0.39, 0.29) is 24.4 Å². The lowest BCUT2D eigenvalue weighted by molar-refractivity contribution is -0.120. The number of hydrogen-bond donors (Lipinski definition) is 3. The van der Waals surface area contributed by atoms with E-state index in [4.69, 9.17) is 0 Å². The Balaban J connectivity index is 2.03. The van der Waals surface area contributed by atoms with Crippen LogP contribution >= 0.6 is 0 Å². The van der Waals surface area contributed by atoms with Gasteiger partial charge in [0.25, 0.3) is 5.56 Å². The molecule has 1 aromatic carbocycles. The van der Waals surface area contributed by atoms with E-state index in [1.54, 1.807) is 30.5 Å². The molecule has 1 unspecified atom stereocenters. The van der Waals surface area contributed by atoms with Crippen LogP contribution in [0.1, 0.15) is 11.1 Å². The second-order valence-electron chi connectivity index (χ2n) is 4.61. The van der Waals surface area contributed by atoms with Crippen LogP contribution in [-0.2, 0) is 28.6 Å². The number of aromatic amines is 2. The molecule has 1 aromatic heterocycles. The minimum Gasteiger partial charge on any atom is -0.351 e. The molecular formula is C14H15N3O4S. The summed E-state index contributed by atoms with van der Waals surface area (Å²) in [6.45, 7) is 0.00231. The van der Waals surface area contributed by atoms with Crippen LogP contribution in [-0.4, -0.2) is 26.3 Å². The lowest BCUT2D eigenvalue weighted by Crippen LogP contribution is -2.31. The van der Waals surface area contributed by atoms with Gasteiger partial charge in [-0.3, -0.25) is 18.8 Å². The third-order valence-corrected chi connectivity index (χ3v) is 4.02. The molecule has 2 aromatic rings. The van der Waals surface area contributed by atoms with Gasteiger partial charge >= 0.3 is 5.69 Å². The average Bonchev–Trinajstić information content (AvgIpc) is 2.46. The second kappa shape index (κ2) is 6.99. The van der Waals surface area contributed by atoms with E-state index in [1.807, 2.05) is 0 Å². The highest BCUT2D eigenvalue weighted by Gasteiger charge is 2.10. The molecule has 0 spiro atoms. The molecule has 2 rings (SSSR count). The second-order valence-corrected chi connectivity index (χ2v) is 5.96. The summed E-state index contributed by atoms with van der Waals surface area (Å²) in [6.07, 6.45) is 2.88. The van der Waals surface area contributed by atoms with Crippen molar-refractivity contribution in [2.24, 2.45) is 0 Å². The quantitative estimate of drug-likeness (QED) is 0.699. The molecule has 0 fully saturated rings. The lowest BCUT2D eigenvalue weighted by atomic mass is 10.1. The SMILES string of the molecule is CS(=O)c1ccccc1CC(=O)NCc1c[nH]c(=O)[nH]c1=O. The molecule has 116 valence electrons. The fraction of sp³-hybridized carbons (Fsp3) is 0.214. The molecule has 0 aliphatic rings. The Labute approximate surface area is 128 Å². The molecule has 0 aliphatic heterocycles. The number of rotatable bonds is 5. The molecule has 7 nitrogen and oxygen atoms in total. The van der Waals surface area contributed by atoms with Crippen molar-refractivity contribution in [2.75, 3.05) is 6.26 Å². The van der Waals surface area contributed by atoms with Crippen molar-refractivity contribution in [3.63, 3.8) is 0 Å². The van der Waals surface area contributed by atoms with Gasteiger partial charge in [-0.05, 0) is 11.6 Å². The molecule has 8 heteroatoms. The Morgan fingerprint density at radius 2 is 1.95 bits per heavy atom. The summed E-state index contributed by atoms with van der Waals surface area (Å²) < 4.78 is 11.6. The third kappa shape index (κ3) is 4.01. The number of hydrogen-bond acceptors (Lipinski definition) is 4. The van der Waals surface area contributed by atoms with Crippen molar-refractivity contribution in [1.82, 2.24) is 15.3 Å². The lowest BCUT2D eigenvalue weighted by Gasteiger charge is -2.08. The van der Waals surface area contributed by atoms with Crippen molar-refractivity contribution >= 4 is 16.7 Å². The smallest absolute Gasteiger partial charge is 0.325 e. The van der Waals surface area contributed by atoms with Gasteiger partial charge in [0.05, 0.1) is 22.8 Å². The Morgan fingerprint density at radius 1 is 1.23 bits per heavy atom. The van der Waals surface area contributed by atoms with Crippen LogP contribution in [0.5, 0.6) is 0 Å². The van der Waals surface area contributed by atoms with E-state index in [9.17, 15) is 18.6 Å². The first-order valence-electron chi connectivity index (χ1n) is 6.46. The predicted octanol–water partition coefficient (Wildman–Crippen LogP) is -0.340. The molecule has 3 N–H and O–H groups in total. The standard InChI is InChI=1S/C14H15N3O4S/c1-22(21)11-5-3-2-4-9(11)6-12(18)15-7-10-8-16-14(20)17-13(10)19/h2-5,8H,6-7H2,1H3,(H,15,18)(H2,16,17,19,20). The fourth-order valence-corrected chi connectivity index (χ4v) is 2.71. The van der Waals surface area contributed by atoms with E-state index in [0.717, 1.165) is 0 Å². The Kier molecular flexibility index (Phi) is 5.05. The third-order valence-electron chi connectivity index (χ3n) is 3.01. The van der Waals surface area contributed by atoms with Gasteiger partial charge in [0.15, 0.2) is 0 Å². The molecule has 0 bridgehead atoms. The summed E-state index contributed by atoms with van der Waals surface area (Å²) in [4.78, 5) is 39.4. The van der Waals surface area contributed by atoms with Crippen LogP contribution in [0.4, 0.5) is 0 Å². The first-order chi connectivity index (χ1) is 10.5. The van der Waals surface area contributed by atoms with Crippen LogP contribution in [0.25, 0.3) is 0 Å². The largest absolute Gasteiger partial charge is 0.351 e. The van der Waals surface area contributed by atoms with Crippen molar-refractivity contribution in [1.29, 1.82) is 0 Å². The minimum absolute atomic E-state index is 0.00231. The topological polar surface area (TPSA) is 112 Å². The number of aromatic nitrogens is 2. The van der Waals surface area contributed by atoms with Crippen LogP contribution < -0.4 is 16.6 Å². The van der Waals surface area contributed by atoms with Crippen LogP contribution in [0.2, 0.25) is 0 Å². The molecule has 0 saturated heterocycles. The average molecular weight is 321 g/mol. The van der Waals surface area contributed by atoms with E-state index >= 15 is 0 Å². The number of benzene rings is 1. The summed E-state index contributed by atoms with van der Waals surface area (Å²) >= 11 is 0. The Bertz CT molecular complexity index is 825. The minimum atomic E-state index is -1.18. The number of carbonyl (C=O) groups is 1. The summed E-state index contributed by atoms with van der Waals surface area (Å²) in [5.41, 5.74) is -0.213. The van der Waals surface area contributed by atoms with Gasteiger partial charge < -0.3 is 10.3 Å². The Morgan fingerprint density at radius 3 is 2.64 bits per heavy atom. The van der Waals surface area contributed by atoms with Gasteiger partial charge in [-0.15, -0.1) is 0 Å². The number of nitrogens with one attached hydrogen (secondary N) is 3. The Hall–Kier alpha value is -2.48. The maximum atomic E-state index is 11.9. The summed E-state index contributed by atoms with van der Waals surface area (Å²) in [5.74, 6) is -0.302. The summed E-state index contributed by atoms with van der Waals surface area (Å²) in [5, 5.41) is 2.59. The fourth-order valence-electron chi connectivity index (χ4n) is 1.93. The first-order valence-corrected chi connectivity index (χ1v) is 8.02. The van der Waals surface area contributed by atoms with Gasteiger partial charge in [0, 0.05) is 23.9 Å². The number of H-pyrrole nitrogens is 2. The zero-order chi connectivity index (χ0) is 16.1. The molecule has 0 saturated carbocycles. The molecule has 0 aliphatic carbocycles. The van der Waals surface area contributed by atoms with E-state index in [2.05, 4.69) is 15.3 Å². The van der Waals surface area contributed by atoms with Crippen molar-refractivity contribution < 1.29 is 9.00 Å². The zero-order valence-corrected chi connectivity index (χ0v) is 12.7. The monoisotopic (exact) mass is 321 g/mol. The molecule has 1 atom stereocenters. The van der Waals surface area contributed by atoms with Crippen LogP contribution in [0.15, 0.2) is 44.9 Å². The van der Waals surface area contributed by atoms with E-state index in [0.29, 0.717) is 10.5 Å². The highest BCUT2D eigenvalue weighted by Crippen LogP contribution is 2.13. The van der Waals surface area contributed by atoms with Crippen LogP contribution in [0, 0.1) is 0 Å².